The van der Waals surface area contributed by atoms with E-state index in [1.165, 1.54) is 6.07 Å². The summed E-state index contributed by atoms with van der Waals surface area (Å²) >= 11 is 3.21. The summed E-state index contributed by atoms with van der Waals surface area (Å²) in [6.07, 6.45) is 1.36. The first kappa shape index (κ1) is 16.6. The second-order valence-electron chi connectivity index (χ2n) is 7.12. The van der Waals surface area contributed by atoms with Crippen molar-refractivity contribution >= 4 is 27.9 Å². The van der Waals surface area contributed by atoms with Crippen molar-refractivity contribution in [2.24, 2.45) is 5.92 Å². The van der Waals surface area contributed by atoms with Crippen LogP contribution >= 0.6 is 15.9 Å². The van der Waals surface area contributed by atoms with Crippen LogP contribution in [0.4, 0.5) is 9.18 Å². The number of urea groups is 1. The normalized spacial score (nSPS) is 21.8. The SMILES string of the molecule is O=C1CCC2(CN(C(=O)N3CC(COc4ccc(Br)cc4F)C3)C2)N1. The Morgan fingerprint density at radius 3 is 2.76 bits per heavy atom. The van der Waals surface area contributed by atoms with Gasteiger partial charge >= 0.3 is 6.03 Å². The van der Waals surface area contributed by atoms with Crippen molar-refractivity contribution in [1.29, 1.82) is 0 Å². The van der Waals surface area contributed by atoms with E-state index >= 15 is 0 Å². The van der Waals surface area contributed by atoms with Crippen LogP contribution in [0.1, 0.15) is 12.8 Å². The predicted molar refractivity (Wildman–Crippen MR) is 91.7 cm³/mol. The Labute approximate surface area is 153 Å². The van der Waals surface area contributed by atoms with E-state index in [1.54, 1.807) is 21.9 Å². The number of nitrogens with one attached hydrogen (secondary N) is 1. The molecule has 0 aliphatic carbocycles. The van der Waals surface area contributed by atoms with Gasteiger partial charge in [-0.15, -0.1) is 0 Å². The second kappa shape index (κ2) is 6.16. The molecule has 8 heteroatoms. The van der Waals surface area contributed by atoms with Crippen molar-refractivity contribution in [3.05, 3.63) is 28.5 Å². The molecule has 25 heavy (non-hydrogen) atoms. The lowest BCUT2D eigenvalue weighted by molar-refractivity contribution is -0.120. The fourth-order valence-corrected chi connectivity index (χ4v) is 3.99. The zero-order valence-corrected chi connectivity index (χ0v) is 15.2. The lowest BCUT2D eigenvalue weighted by Crippen LogP contribution is -2.71. The van der Waals surface area contributed by atoms with Crippen LogP contribution in [0.5, 0.6) is 5.75 Å². The minimum atomic E-state index is -0.397. The van der Waals surface area contributed by atoms with E-state index in [0.29, 0.717) is 43.7 Å². The standard InChI is InChI=1S/C17H19BrFN3O3/c18-12-1-2-14(13(19)5-12)25-8-11-6-21(7-11)16(24)22-9-17(10-22)4-3-15(23)20-17/h1-2,5,11H,3-4,6-10H2,(H,20,23). The number of hydrogen-bond donors (Lipinski definition) is 1. The van der Waals surface area contributed by atoms with Gasteiger partial charge in [0.2, 0.25) is 5.91 Å². The average Bonchev–Trinajstić information content (AvgIpc) is 2.88. The number of rotatable bonds is 3. The summed E-state index contributed by atoms with van der Waals surface area (Å²) in [5.74, 6) is 0.127. The van der Waals surface area contributed by atoms with Gasteiger partial charge in [0.25, 0.3) is 0 Å². The van der Waals surface area contributed by atoms with Crippen LogP contribution in [-0.4, -0.2) is 60.1 Å². The van der Waals surface area contributed by atoms with Crippen molar-refractivity contribution in [3.63, 3.8) is 0 Å². The molecule has 3 saturated heterocycles. The van der Waals surface area contributed by atoms with Crippen molar-refractivity contribution in [1.82, 2.24) is 15.1 Å². The van der Waals surface area contributed by atoms with Crippen LogP contribution in [0, 0.1) is 11.7 Å². The molecule has 3 amide bonds. The molecule has 3 aliphatic rings. The van der Waals surface area contributed by atoms with Crippen LogP contribution < -0.4 is 10.1 Å². The Hall–Kier alpha value is -1.83. The molecule has 0 radical (unpaired) electrons. The van der Waals surface area contributed by atoms with E-state index < -0.39 is 5.82 Å². The Morgan fingerprint density at radius 2 is 2.12 bits per heavy atom. The van der Waals surface area contributed by atoms with Crippen molar-refractivity contribution in [2.45, 2.75) is 18.4 Å². The average molecular weight is 412 g/mol. The smallest absolute Gasteiger partial charge is 0.320 e. The summed E-state index contributed by atoms with van der Waals surface area (Å²) in [6.45, 7) is 2.82. The van der Waals surface area contributed by atoms with Crippen molar-refractivity contribution in [2.75, 3.05) is 32.8 Å². The molecular formula is C17H19BrFN3O3. The second-order valence-corrected chi connectivity index (χ2v) is 8.04. The van der Waals surface area contributed by atoms with Gasteiger partial charge in [0.15, 0.2) is 11.6 Å². The van der Waals surface area contributed by atoms with Crippen LogP contribution in [0.3, 0.4) is 0 Å². The maximum atomic E-state index is 13.7. The number of carbonyl (C=O) groups excluding carboxylic acids is 2. The summed E-state index contributed by atoms with van der Waals surface area (Å²) in [5, 5.41) is 2.97. The first-order valence-electron chi connectivity index (χ1n) is 8.37. The van der Waals surface area contributed by atoms with Crippen molar-refractivity contribution < 1.29 is 18.7 Å². The maximum absolute atomic E-state index is 13.7. The third kappa shape index (κ3) is 3.19. The van der Waals surface area contributed by atoms with Gasteiger partial charge in [-0.05, 0) is 24.6 Å². The van der Waals surface area contributed by atoms with Gasteiger partial charge in [0.1, 0.15) is 0 Å². The van der Waals surface area contributed by atoms with Crippen LogP contribution in [0.2, 0.25) is 0 Å². The number of benzene rings is 1. The van der Waals surface area contributed by atoms with Gasteiger partial charge in [-0.25, -0.2) is 9.18 Å². The summed E-state index contributed by atoms with van der Waals surface area (Å²) in [7, 11) is 0. The maximum Gasteiger partial charge on any atom is 0.320 e. The molecule has 6 nitrogen and oxygen atoms in total. The Bertz CT molecular complexity index is 717. The number of amides is 3. The molecule has 0 atom stereocenters. The number of carbonyl (C=O) groups is 2. The molecule has 1 aromatic rings. The molecule has 0 bridgehead atoms. The molecule has 134 valence electrons. The number of likely N-dealkylation sites (tertiary alicyclic amines) is 2. The summed E-state index contributed by atoms with van der Waals surface area (Å²) in [5.41, 5.74) is -0.181. The quantitative estimate of drug-likeness (QED) is 0.826. The molecule has 1 N–H and O–H groups in total. The highest BCUT2D eigenvalue weighted by Crippen LogP contribution is 2.32. The fourth-order valence-electron chi connectivity index (χ4n) is 3.66. The van der Waals surface area contributed by atoms with Crippen molar-refractivity contribution in [3.8, 4) is 5.75 Å². The van der Waals surface area contributed by atoms with Gasteiger partial charge in [0.05, 0.1) is 12.1 Å². The van der Waals surface area contributed by atoms with Gasteiger partial charge in [-0.1, -0.05) is 15.9 Å². The third-order valence-electron chi connectivity index (χ3n) is 5.09. The summed E-state index contributed by atoms with van der Waals surface area (Å²) in [4.78, 5) is 27.3. The van der Waals surface area contributed by atoms with Crippen LogP contribution in [0.25, 0.3) is 0 Å². The molecule has 1 aromatic carbocycles. The molecule has 3 heterocycles. The van der Waals surface area contributed by atoms with E-state index in [4.69, 9.17) is 4.74 Å². The van der Waals surface area contributed by atoms with Crippen LogP contribution in [-0.2, 0) is 4.79 Å². The topological polar surface area (TPSA) is 61.9 Å². The van der Waals surface area contributed by atoms with E-state index in [0.717, 1.165) is 6.42 Å². The minimum Gasteiger partial charge on any atom is -0.490 e. The first-order valence-corrected chi connectivity index (χ1v) is 9.16. The Kier molecular flexibility index (Phi) is 4.10. The van der Waals surface area contributed by atoms with Crippen LogP contribution in [0.15, 0.2) is 22.7 Å². The monoisotopic (exact) mass is 411 g/mol. The van der Waals surface area contributed by atoms with E-state index in [1.807, 2.05) is 0 Å². The number of hydrogen-bond acceptors (Lipinski definition) is 3. The summed E-state index contributed by atoms with van der Waals surface area (Å²) < 4.78 is 19.9. The zero-order valence-electron chi connectivity index (χ0n) is 13.6. The van der Waals surface area contributed by atoms with E-state index in [-0.39, 0.29) is 29.1 Å². The van der Waals surface area contributed by atoms with Gasteiger partial charge in [0, 0.05) is 43.0 Å². The molecule has 3 aliphatic heterocycles. The molecule has 0 aromatic heterocycles. The number of ether oxygens (including phenoxy) is 1. The first-order chi connectivity index (χ1) is 11.9. The molecule has 1 spiro atoms. The lowest BCUT2D eigenvalue weighted by atomic mass is 9.88. The predicted octanol–water partition coefficient (Wildman–Crippen LogP) is 1.98. The lowest BCUT2D eigenvalue weighted by Gasteiger charge is -2.51. The van der Waals surface area contributed by atoms with Gasteiger partial charge in [-0.2, -0.15) is 0 Å². The highest BCUT2D eigenvalue weighted by Gasteiger charge is 2.51. The minimum absolute atomic E-state index is 0.0119. The molecule has 0 saturated carbocycles. The van der Waals surface area contributed by atoms with E-state index in [9.17, 15) is 14.0 Å². The highest BCUT2D eigenvalue weighted by molar-refractivity contribution is 9.10. The number of nitrogens with zero attached hydrogens (tertiary/aromatic N) is 2. The molecule has 0 unspecified atom stereocenters. The molecule has 3 fully saturated rings. The van der Waals surface area contributed by atoms with Gasteiger partial charge in [-0.3, -0.25) is 4.79 Å². The van der Waals surface area contributed by atoms with Gasteiger partial charge < -0.3 is 19.9 Å². The summed E-state index contributed by atoms with van der Waals surface area (Å²) in [6, 6.07) is 4.71. The highest BCUT2D eigenvalue weighted by atomic mass is 79.9. The number of halogens is 2. The Morgan fingerprint density at radius 1 is 1.36 bits per heavy atom. The van der Waals surface area contributed by atoms with E-state index in [2.05, 4.69) is 21.2 Å². The zero-order chi connectivity index (χ0) is 17.6. The molecular weight excluding hydrogens is 393 g/mol. The largest absolute Gasteiger partial charge is 0.490 e. The Balaban J connectivity index is 1.20. The third-order valence-corrected chi connectivity index (χ3v) is 5.58. The fraction of sp³-hybridized carbons (Fsp3) is 0.529. The molecule has 4 rings (SSSR count).